The summed E-state index contributed by atoms with van der Waals surface area (Å²) in [4.78, 5) is 19.8. The molecule has 3 heterocycles. The summed E-state index contributed by atoms with van der Waals surface area (Å²) in [7, 11) is 1.78. The number of ether oxygens (including phenoxy) is 1. The molecule has 1 N–H and O–H groups in total. The minimum Gasteiger partial charge on any atom is -0.493 e. The molecular formula is C23H21N3O2. The van der Waals surface area contributed by atoms with Crippen LogP contribution in [0.3, 0.4) is 0 Å². The molecule has 28 heavy (non-hydrogen) atoms. The molecule has 1 aromatic carbocycles. The molecule has 1 fully saturated rings. The zero-order chi connectivity index (χ0) is 19.1. The van der Waals surface area contributed by atoms with E-state index in [0.717, 1.165) is 40.0 Å². The molecule has 1 aliphatic rings. The van der Waals surface area contributed by atoms with Crippen LogP contribution in [0.1, 0.15) is 12.8 Å². The molecule has 3 aromatic heterocycles. The van der Waals surface area contributed by atoms with Crippen LogP contribution in [-0.4, -0.2) is 21.1 Å². The summed E-state index contributed by atoms with van der Waals surface area (Å²) >= 11 is 0. The van der Waals surface area contributed by atoms with Gasteiger partial charge in [0.2, 0.25) is 0 Å². The first-order valence-electron chi connectivity index (χ1n) is 9.55. The summed E-state index contributed by atoms with van der Waals surface area (Å²) in [6.45, 7) is 0.737. The molecule has 0 aliphatic heterocycles. The summed E-state index contributed by atoms with van der Waals surface area (Å²) in [6.07, 6.45) is 9.82. The molecule has 140 valence electrons. The standard InChI is InChI=1S/C23H21N3O2/c1-26-13-20(18-8-10-25-22(18)23(26)27)19-11-16(17-3-2-9-24-12-17)6-7-21(19)28-14-15-4-5-15/h2-3,6-13,15,25H,4-5,14H2,1H3. The van der Waals surface area contributed by atoms with E-state index in [1.807, 2.05) is 42.9 Å². The number of benzene rings is 1. The van der Waals surface area contributed by atoms with Gasteiger partial charge in [-0.15, -0.1) is 0 Å². The highest BCUT2D eigenvalue weighted by molar-refractivity contribution is 5.96. The number of H-pyrrole nitrogens is 1. The van der Waals surface area contributed by atoms with Gasteiger partial charge in [-0.25, -0.2) is 0 Å². The third kappa shape index (κ3) is 2.99. The van der Waals surface area contributed by atoms with Crippen molar-refractivity contribution in [3.8, 4) is 28.0 Å². The van der Waals surface area contributed by atoms with Crippen LogP contribution in [0.15, 0.2) is 66.0 Å². The van der Waals surface area contributed by atoms with Crippen molar-refractivity contribution in [3.63, 3.8) is 0 Å². The Bertz CT molecular complexity index is 1200. The Labute approximate surface area is 162 Å². The van der Waals surface area contributed by atoms with Crippen molar-refractivity contribution in [1.82, 2.24) is 14.5 Å². The molecule has 0 unspecified atom stereocenters. The van der Waals surface area contributed by atoms with Gasteiger partial charge in [0.1, 0.15) is 11.3 Å². The number of aromatic nitrogens is 3. The largest absolute Gasteiger partial charge is 0.493 e. The Kier molecular flexibility index (Phi) is 4.01. The van der Waals surface area contributed by atoms with Crippen LogP contribution in [0.5, 0.6) is 5.75 Å². The topological polar surface area (TPSA) is 59.9 Å². The molecule has 0 saturated heterocycles. The van der Waals surface area contributed by atoms with Crippen molar-refractivity contribution in [1.29, 1.82) is 0 Å². The molecule has 0 radical (unpaired) electrons. The monoisotopic (exact) mass is 371 g/mol. The molecule has 1 saturated carbocycles. The third-order valence-electron chi connectivity index (χ3n) is 5.33. The van der Waals surface area contributed by atoms with Crippen molar-refractivity contribution in [2.45, 2.75) is 12.8 Å². The van der Waals surface area contributed by atoms with Crippen LogP contribution in [0.25, 0.3) is 33.2 Å². The molecule has 0 amide bonds. The quantitative estimate of drug-likeness (QED) is 0.566. The van der Waals surface area contributed by atoms with Gasteiger partial charge in [0.15, 0.2) is 0 Å². The van der Waals surface area contributed by atoms with E-state index in [-0.39, 0.29) is 5.56 Å². The fraction of sp³-hybridized carbons (Fsp3) is 0.217. The molecule has 0 spiro atoms. The molecule has 5 rings (SSSR count). The van der Waals surface area contributed by atoms with Gasteiger partial charge < -0.3 is 14.3 Å². The number of rotatable bonds is 5. The van der Waals surface area contributed by atoms with E-state index in [1.165, 1.54) is 12.8 Å². The van der Waals surface area contributed by atoms with E-state index in [4.69, 9.17) is 4.74 Å². The number of nitrogens with one attached hydrogen (secondary N) is 1. The first kappa shape index (κ1) is 16.8. The van der Waals surface area contributed by atoms with E-state index in [0.29, 0.717) is 11.4 Å². The van der Waals surface area contributed by atoms with Gasteiger partial charge in [0.05, 0.1) is 6.61 Å². The molecule has 0 bridgehead atoms. The lowest BCUT2D eigenvalue weighted by Crippen LogP contribution is -2.16. The van der Waals surface area contributed by atoms with Crippen molar-refractivity contribution in [2.24, 2.45) is 13.0 Å². The van der Waals surface area contributed by atoms with Crippen molar-refractivity contribution < 1.29 is 4.74 Å². The number of fused-ring (bicyclic) bond motifs is 1. The molecule has 4 aromatic rings. The maximum atomic E-state index is 12.5. The van der Waals surface area contributed by atoms with Gasteiger partial charge in [-0.2, -0.15) is 0 Å². The van der Waals surface area contributed by atoms with E-state index >= 15 is 0 Å². The number of pyridine rings is 2. The highest BCUT2D eigenvalue weighted by atomic mass is 16.5. The molecule has 0 atom stereocenters. The normalized spacial score (nSPS) is 13.8. The second kappa shape index (κ2) is 6.68. The second-order valence-electron chi connectivity index (χ2n) is 7.43. The van der Waals surface area contributed by atoms with Crippen LogP contribution in [0.2, 0.25) is 0 Å². The number of aromatic amines is 1. The van der Waals surface area contributed by atoms with Gasteiger partial charge in [-0.05, 0) is 48.6 Å². The summed E-state index contributed by atoms with van der Waals surface area (Å²) < 4.78 is 7.81. The minimum absolute atomic E-state index is 0.0346. The zero-order valence-electron chi connectivity index (χ0n) is 15.7. The van der Waals surface area contributed by atoms with E-state index < -0.39 is 0 Å². The molecule has 1 aliphatic carbocycles. The maximum Gasteiger partial charge on any atom is 0.274 e. The Morgan fingerprint density at radius 1 is 1.18 bits per heavy atom. The lowest BCUT2D eigenvalue weighted by Gasteiger charge is -2.15. The Balaban J connectivity index is 1.70. The number of hydrogen-bond acceptors (Lipinski definition) is 3. The molecule has 5 heteroatoms. The van der Waals surface area contributed by atoms with E-state index in [2.05, 4.69) is 22.1 Å². The fourth-order valence-corrected chi connectivity index (χ4v) is 3.56. The SMILES string of the molecule is Cn1cc(-c2cc(-c3cccnc3)ccc2OCC2CC2)c2cc[nH]c2c1=O. The minimum atomic E-state index is -0.0346. The van der Waals surface area contributed by atoms with Gasteiger partial charge in [-0.3, -0.25) is 9.78 Å². The molecule has 5 nitrogen and oxygen atoms in total. The van der Waals surface area contributed by atoms with Crippen LogP contribution >= 0.6 is 0 Å². The average Bonchev–Trinajstić information content (AvgIpc) is 3.43. The Morgan fingerprint density at radius 2 is 2.07 bits per heavy atom. The van der Waals surface area contributed by atoms with Crippen LogP contribution in [0.4, 0.5) is 0 Å². The van der Waals surface area contributed by atoms with Gasteiger partial charge in [0.25, 0.3) is 5.56 Å². The first-order chi connectivity index (χ1) is 13.7. The lowest BCUT2D eigenvalue weighted by molar-refractivity contribution is 0.301. The predicted octanol–water partition coefficient (Wildman–Crippen LogP) is 4.38. The van der Waals surface area contributed by atoms with Crippen molar-refractivity contribution >= 4 is 10.9 Å². The fourth-order valence-electron chi connectivity index (χ4n) is 3.56. The third-order valence-corrected chi connectivity index (χ3v) is 5.33. The summed E-state index contributed by atoms with van der Waals surface area (Å²) in [5, 5.41) is 0.905. The Hall–Kier alpha value is -3.34. The lowest BCUT2D eigenvalue weighted by atomic mass is 9.98. The second-order valence-corrected chi connectivity index (χ2v) is 7.43. The predicted molar refractivity (Wildman–Crippen MR) is 110 cm³/mol. The van der Waals surface area contributed by atoms with Crippen LogP contribution in [-0.2, 0) is 7.05 Å². The summed E-state index contributed by atoms with van der Waals surface area (Å²) in [5.74, 6) is 1.51. The van der Waals surface area contributed by atoms with Crippen molar-refractivity contribution in [2.75, 3.05) is 6.61 Å². The van der Waals surface area contributed by atoms with Crippen LogP contribution in [0, 0.1) is 5.92 Å². The highest BCUT2D eigenvalue weighted by Gasteiger charge is 2.23. The van der Waals surface area contributed by atoms with E-state index in [9.17, 15) is 4.79 Å². The van der Waals surface area contributed by atoms with Gasteiger partial charge in [-0.1, -0.05) is 12.1 Å². The Morgan fingerprint density at radius 3 is 2.86 bits per heavy atom. The zero-order valence-corrected chi connectivity index (χ0v) is 15.7. The first-order valence-corrected chi connectivity index (χ1v) is 9.55. The number of nitrogens with zero attached hydrogens (tertiary/aromatic N) is 2. The van der Waals surface area contributed by atoms with E-state index in [1.54, 1.807) is 17.8 Å². The van der Waals surface area contributed by atoms with Crippen molar-refractivity contribution in [3.05, 3.63) is 71.5 Å². The van der Waals surface area contributed by atoms with Crippen LogP contribution < -0.4 is 10.3 Å². The average molecular weight is 371 g/mol. The van der Waals surface area contributed by atoms with Gasteiger partial charge >= 0.3 is 0 Å². The smallest absolute Gasteiger partial charge is 0.274 e. The van der Waals surface area contributed by atoms with Gasteiger partial charge in [0, 0.05) is 53.9 Å². The number of hydrogen-bond donors (Lipinski definition) is 1. The molecular weight excluding hydrogens is 350 g/mol. The maximum absolute atomic E-state index is 12.5. The summed E-state index contributed by atoms with van der Waals surface area (Å²) in [5.41, 5.74) is 4.66. The number of aryl methyl sites for hydroxylation is 1. The summed E-state index contributed by atoms with van der Waals surface area (Å²) in [6, 6.07) is 12.2. The highest BCUT2D eigenvalue weighted by Crippen LogP contribution is 2.38.